The van der Waals surface area contributed by atoms with Crippen LogP contribution in [0.25, 0.3) is 0 Å². The van der Waals surface area contributed by atoms with Gasteiger partial charge >= 0.3 is 0 Å². The number of halogens is 4. The SMILES string of the molecule is Fc1cc(CCl)cc(OCc2cc(F)ccc2Cl)c1. The van der Waals surface area contributed by atoms with Crippen LogP contribution in [0.1, 0.15) is 11.1 Å². The largest absolute Gasteiger partial charge is 0.489 e. The highest BCUT2D eigenvalue weighted by atomic mass is 35.5. The fourth-order valence-electron chi connectivity index (χ4n) is 1.60. The van der Waals surface area contributed by atoms with Gasteiger partial charge in [-0.3, -0.25) is 0 Å². The molecule has 0 fully saturated rings. The quantitative estimate of drug-likeness (QED) is 0.727. The minimum absolute atomic E-state index is 0.0573. The summed E-state index contributed by atoms with van der Waals surface area (Å²) < 4.78 is 31.7. The Bertz CT molecular complexity index is 588. The molecule has 2 rings (SSSR count). The molecule has 0 aliphatic rings. The van der Waals surface area contributed by atoms with Crippen molar-refractivity contribution in [2.24, 2.45) is 0 Å². The summed E-state index contributed by atoms with van der Waals surface area (Å²) in [6.45, 7) is 0.0573. The van der Waals surface area contributed by atoms with Gasteiger partial charge < -0.3 is 4.74 Å². The van der Waals surface area contributed by atoms with Gasteiger partial charge in [0.05, 0.1) is 0 Å². The van der Waals surface area contributed by atoms with Gasteiger partial charge in [0, 0.05) is 22.5 Å². The maximum Gasteiger partial charge on any atom is 0.127 e. The van der Waals surface area contributed by atoms with Crippen LogP contribution in [-0.4, -0.2) is 0 Å². The molecular weight excluding hydrogens is 293 g/mol. The summed E-state index contributed by atoms with van der Waals surface area (Å²) in [4.78, 5) is 0. The van der Waals surface area contributed by atoms with Crippen LogP contribution in [0.2, 0.25) is 5.02 Å². The van der Waals surface area contributed by atoms with E-state index < -0.39 is 11.6 Å². The lowest BCUT2D eigenvalue weighted by Gasteiger charge is -2.09. The second-order valence-corrected chi connectivity index (χ2v) is 4.63. The van der Waals surface area contributed by atoms with E-state index in [4.69, 9.17) is 27.9 Å². The number of benzene rings is 2. The zero-order valence-corrected chi connectivity index (χ0v) is 11.3. The van der Waals surface area contributed by atoms with Crippen LogP contribution < -0.4 is 4.74 Å². The van der Waals surface area contributed by atoms with E-state index in [0.29, 0.717) is 21.9 Å². The smallest absolute Gasteiger partial charge is 0.127 e. The topological polar surface area (TPSA) is 9.23 Å². The second kappa shape index (κ2) is 6.22. The molecule has 1 nitrogen and oxygen atoms in total. The van der Waals surface area contributed by atoms with Crippen LogP contribution in [-0.2, 0) is 12.5 Å². The Morgan fingerprint density at radius 1 is 1.00 bits per heavy atom. The van der Waals surface area contributed by atoms with Gasteiger partial charge in [0.2, 0.25) is 0 Å². The number of alkyl halides is 1. The second-order valence-electron chi connectivity index (χ2n) is 3.95. The van der Waals surface area contributed by atoms with E-state index >= 15 is 0 Å². The Morgan fingerprint density at radius 2 is 1.79 bits per heavy atom. The van der Waals surface area contributed by atoms with Crippen LogP contribution in [0.15, 0.2) is 36.4 Å². The molecule has 0 radical (unpaired) electrons. The first-order chi connectivity index (χ1) is 9.08. The van der Waals surface area contributed by atoms with Gasteiger partial charge in [-0.25, -0.2) is 8.78 Å². The van der Waals surface area contributed by atoms with E-state index in [-0.39, 0.29) is 12.5 Å². The molecule has 0 atom stereocenters. The van der Waals surface area contributed by atoms with Crippen molar-refractivity contribution in [2.45, 2.75) is 12.5 Å². The summed E-state index contributed by atoms with van der Waals surface area (Å²) in [5.41, 5.74) is 1.11. The summed E-state index contributed by atoms with van der Waals surface area (Å²) >= 11 is 11.6. The summed E-state index contributed by atoms with van der Waals surface area (Å²) in [6, 6.07) is 8.19. The van der Waals surface area contributed by atoms with E-state index in [1.165, 1.54) is 30.3 Å². The van der Waals surface area contributed by atoms with Gasteiger partial charge in [0.15, 0.2) is 0 Å². The Morgan fingerprint density at radius 3 is 2.53 bits per heavy atom. The Hall–Kier alpha value is -1.32. The summed E-state index contributed by atoms with van der Waals surface area (Å²) in [6.07, 6.45) is 0. The average Bonchev–Trinajstić information content (AvgIpc) is 2.39. The molecule has 0 aliphatic heterocycles. The Labute approximate surface area is 119 Å². The molecule has 0 saturated carbocycles. The van der Waals surface area contributed by atoms with E-state index in [2.05, 4.69) is 0 Å². The highest BCUT2D eigenvalue weighted by Crippen LogP contribution is 2.22. The number of hydrogen-bond donors (Lipinski definition) is 0. The van der Waals surface area contributed by atoms with E-state index in [9.17, 15) is 8.78 Å². The Kier molecular flexibility index (Phi) is 4.61. The standard InChI is InChI=1S/C14H10Cl2F2O/c15-7-9-3-12(18)6-13(4-9)19-8-10-5-11(17)1-2-14(10)16/h1-6H,7-8H2. The minimum atomic E-state index is -0.432. The maximum atomic E-state index is 13.3. The molecule has 2 aromatic carbocycles. The van der Waals surface area contributed by atoms with E-state index in [1.54, 1.807) is 6.07 Å². The van der Waals surface area contributed by atoms with Gasteiger partial charge in [0.1, 0.15) is 24.0 Å². The van der Waals surface area contributed by atoms with Gasteiger partial charge in [0.25, 0.3) is 0 Å². The van der Waals surface area contributed by atoms with Crippen molar-refractivity contribution in [3.05, 3.63) is 64.2 Å². The molecule has 0 heterocycles. The number of hydrogen-bond acceptors (Lipinski definition) is 1. The zero-order valence-electron chi connectivity index (χ0n) is 9.80. The fourth-order valence-corrected chi connectivity index (χ4v) is 1.92. The van der Waals surface area contributed by atoms with Crippen molar-refractivity contribution in [3.8, 4) is 5.75 Å². The van der Waals surface area contributed by atoms with E-state index in [1.807, 2.05) is 0 Å². The molecule has 5 heteroatoms. The number of ether oxygens (including phenoxy) is 1. The molecule has 0 aromatic heterocycles. The zero-order chi connectivity index (χ0) is 13.8. The van der Waals surface area contributed by atoms with Crippen molar-refractivity contribution in [1.29, 1.82) is 0 Å². The van der Waals surface area contributed by atoms with Gasteiger partial charge in [-0.2, -0.15) is 0 Å². The van der Waals surface area contributed by atoms with Crippen molar-refractivity contribution >= 4 is 23.2 Å². The number of rotatable bonds is 4. The van der Waals surface area contributed by atoms with Crippen LogP contribution in [0, 0.1) is 11.6 Å². The van der Waals surface area contributed by atoms with Gasteiger partial charge in [-0.15, -0.1) is 11.6 Å². The van der Waals surface area contributed by atoms with Crippen molar-refractivity contribution in [2.75, 3.05) is 0 Å². The summed E-state index contributed by atoms with van der Waals surface area (Å²) in [5.74, 6) is -0.312. The fraction of sp³-hybridized carbons (Fsp3) is 0.143. The predicted octanol–water partition coefficient (Wildman–Crippen LogP) is 4.94. The minimum Gasteiger partial charge on any atom is -0.489 e. The first-order valence-electron chi connectivity index (χ1n) is 5.50. The normalized spacial score (nSPS) is 10.5. The highest BCUT2D eigenvalue weighted by molar-refractivity contribution is 6.31. The summed E-state index contributed by atoms with van der Waals surface area (Å²) in [5, 5.41) is 0.398. The third-order valence-corrected chi connectivity index (χ3v) is 3.16. The van der Waals surface area contributed by atoms with Crippen molar-refractivity contribution in [3.63, 3.8) is 0 Å². The van der Waals surface area contributed by atoms with Gasteiger partial charge in [-0.1, -0.05) is 11.6 Å². The van der Waals surface area contributed by atoms with Crippen LogP contribution in [0.5, 0.6) is 5.75 Å². The molecular formula is C14H10Cl2F2O. The lowest BCUT2D eigenvalue weighted by atomic mass is 10.2. The third-order valence-electron chi connectivity index (χ3n) is 2.49. The maximum absolute atomic E-state index is 13.3. The van der Waals surface area contributed by atoms with Crippen molar-refractivity contribution < 1.29 is 13.5 Å². The molecule has 0 bridgehead atoms. The summed E-state index contributed by atoms with van der Waals surface area (Å²) in [7, 11) is 0. The molecule has 0 aliphatic carbocycles. The predicted molar refractivity (Wildman–Crippen MR) is 71.7 cm³/mol. The van der Waals surface area contributed by atoms with Gasteiger partial charge in [-0.05, 0) is 35.9 Å². The molecule has 0 spiro atoms. The van der Waals surface area contributed by atoms with Crippen LogP contribution in [0.3, 0.4) is 0 Å². The Balaban J connectivity index is 2.14. The van der Waals surface area contributed by atoms with Crippen LogP contribution >= 0.6 is 23.2 Å². The first kappa shape index (κ1) is 14.1. The third kappa shape index (κ3) is 3.82. The molecule has 2 aromatic rings. The van der Waals surface area contributed by atoms with Crippen LogP contribution in [0.4, 0.5) is 8.78 Å². The lowest BCUT2D eigenvalue weighted by molar-refractivity contribution is 0.304. The molecule has 0 unspecified atom stereocenters. The molecule has 19 heavy (non-hydrogen) atoms. The lowest BCUT2D eigenvalue weighted by Crippen LogP contribution is -1.98. The highest BCUT2D eigenvalue weighted by Gasteiger charge is 2.05. The monoisotopic (exact) mass is 302 g/mol. The molecule has 100 valence electrons. The molecule has 0 amide bonds. The van der Waals surface area contributed by atoms with E-state index in [0.717, 1.165) is 0 Å². The molecule has 0 saturated heterocycles. The average molecular weight is 303 g/mol. The first-order valence-corrected chi connectivity index (χ1v) is 6.42. The van der Waals surface area contributed by atoms with Crippen molar-refractivity contribution in [1.82, 2.24) is 0 Å². The molecule has 0 N–H and O–H groups in total.